The first-order valence-electron chi connectivity index (χ1n) is 6.26. The Labute approximate surface area is 122 Å². The minimum atomic E-state index is -0.817. The molecule has 0 saturated carbocycles. The smallest absolute Gasteiger partial charge is 0.491 e. The number of hydrogen-bond donors (Lipinski definition) is 2. The lowest BCUT2D eigenvalue weighted by Gasteiger charge is -2.10. The van der Waals surface area contributed by atoms with Gasteiger partial charge in [0.15, 0.2) is 0 Å². The SMILES string of the molecule is COc1ccccc1SNc1ccc2c(c1)B(O)OC2. The van der Waals surface area contributed by atoms with Crippen molar-refractivity contribution in [3.8, 4) is 5.75 Å². The van der Waals surface area contributed by atoms with Crippen molar-refractivity contribution in [3.05, 3.63) is 48.0 Å². The largest absolute Gasteiger partial charge is 0.496 e. The van der Waals surface area contributed by atoms with E-state index in [1.807, 2.05) is 42.5 Å². The topological polar surface area (TPSA) is 50.7 Å². The van der Waals surface area contributed by atoms with Crippen LogP contribution in [0.2, 0.25) is 0 Å². The van der Waals surface area contributed by atoms with Gasteiger partial charge in [0.25, 0.3) is 0 Å². The van der Waals surface area contributed by atoms with Gasteiger partial charge in [0, 0.05) is 5.69 Å². The molecule has 0 fully saturated rings. The number of methoxy groups -OCH3 is 1. The Morgan fingerprint density at radius 1 is 1.30 bits per heavy atom. The van der Waals surface area contributed by atoms with Crippen LogP contribution in [0, 0.1) is 0 Å². The van der Waals surface area contributed by atoms with Crippen LogP contribution in [0.15, 0.2) is 47.4 Å². The van der Waals surface area contributed by atoms with Gasteiger partial charge in [-0.2, -0.15) is 0 Å². The zero-order valence-corrected chi connectivity index (χ0v) is 11.8. The molecule has 1 aliphatic heterocycles. The molecule has 0 aliphatic carbocycles. The summed E-state index contributed by atoms with van der Waals surface area (Å²) in [7, 11) is 0.839. The summed E-state index contributed by atoms with van der Waals surface area (Å²) in [5, 5.41) is 9.70. The summed E-state index contributed by atoms with van der Waals surface area (Å²) in [6.07, 6.45) is 0. The van der Waals surface area contributed by atoms with E-state index in [0.29, 0.717) is 6.61 Å². The van der Waals surface area contributed by atoms with Gasteiger partial charge >= 0.3 is 7.12 Å². The standard InChI is InChI=1S/C14H14BNO3S/c1-18-13-4-2-3-5-14(13)20-16-11-7-6-10-9-19-15(17)12(10)8-11/h2-8,16-17H,9H2,1H3. The van der Waals surface area contributed by atoms with E-state index in [0.717, 1.165) is 27.4 Å². The monoisotopic (exact) mass is 287 g/mol. The molecule has 0 saturated heterocycles. The first-order chi connectivity index (χ1) is 9.78. The highest BCUT2D eigenvalue weighted by Gasteiger charge is 2.27. The lowest BCUT2D eigenvalue weighted by Crippen LogP contribution is -2.28. The number of ether oxygens (including phenoxy) is 1. The van der Waals surface area contributed by atoms with Gasteiger partial charge in [0.2, 0.25) is 0 Å². The molecule has 2 N–H and O–H groups in total. The lowest BCUT2D eigenvalue weighted by atomic mass is 9.79. The van der Waals surface area contributed by atoms with E-state index in [9.17, 15) is 5.02 Å². The molecule has 102 valence electrons. The van der Waals surface area contributed by atoms with Crippen LogP contribution in [0.3, 0.4) is 0 Å². The predicted octanol–water partition coefficient (Wildman–Crippen LogP) is 2.03. The number of para-hydroxylation sites is 1. The van der Waals surface area contributed by atoms with Gasteiger partial charge in [0.1, 0.15) is 5.75 Å². The molecule has 0 bridgehead atoms. The molecular weight excluding hydrogens is 273 g/mol. The Morgan fingerprint density at radius 2 is 2.15 bits per heavy atom. The van der Waals surface area contributed by atoms with Crippen molar-refractivity contribution in [2.75, 3.05) is 11.8 Å². The van der Waals surface area contributed by atoms with Crippen LogP contribution >= 0.6 is 11.9 Å². The first-order valence-corrected chi connectivity index (χ1v) is 7.08. The van der Waals surface area contributed by atoms with Crippen LogP contribution in [0.5, 0.6) is 5.75 Å². The van der Waals surface area contributed by atoms with Gasteiger partial charge in [-0.25, -0.2) is 0 Å². The average molecular weight is 287 g/mol. The summed E-state index contributed by atoms with van der Waals surface area (Å²) in [4.78, 5) is 1.01. The van der Waals surface area contributed by atoms with E-state index in [1.54, 1.807) is 7.11 Å². The molecular formula is C14H14BNO3S. The average Bonchev–Trinajstić information content (AvgIpc) is 2.86. The van der Waals surface area contributed by atoms with Crippen molar-refractivity contribution in [3.63, 3.8) is 0 Å². The maximum atomic E-state index is 9.70. The van der Waals surface area contributed by atoms with Crippen LogP contribution in [-0.4, -0.2) is 19.3 Å². The Hall–Kier alpha value is -1.63. The molecule has 4 nitrogen and oxygen atoms in total. The van der Waals surface area contributed by atoms with Gasteiger partial charge in [0.05, 0.1) is 18.6 Å². The summed E-state index contributed by atoms with van der Waals surface area (Å²) in [6, 6.07) is 13.7. The molecule has 1 heterocycles. The van der Waals surface area contributed by atoms with Crippen molar-refractivity contribution in [1.82, 2.24) is 0 Å². The molecule has 6 heteroatoms. The lowest BCUT2D eigenvalue weighted by molar-refractivity contribution is 0.275. The van der Waals surface area contributed by atoms with E-state index >= 15 is 0 Å². The summed E-state index contributed by atoms with van der Waals surface area (Å²) < 4.78 is 13.7. The van der Waals surface area contributed by atoms with E-state index in [1.165, 1.54) is 11.9 Å². The Kier molecular flexibility index (Phi) is 3.87. The third kappa shape index (κ3) is 2.63. The van der Waals surface area contributed by atoms with Crippen molar-refractivity contribution >= 4 is 30.2 Å². The maximum Gasteiger partial charge on any atom is 0.491 e. The van der Waals surface area contributed by atoms with E-state index in [4.69, 9.17) is 9.39 Å². The van der Waals surface area contributed by atoms with Gasteiger partial charge < -0.3 is 19.1 Å². The van der Waals surface area contributed by atoms with Crippen molar-refractivity contribution in [2.24, 2.45) is 0 Å². The van der Waals surface area contributed by atoms with E-state index in [2.05, 4.69) is 4.72 Å². The summed E-state index contributed by atoms with van der Waals surface area (Å²) in [5.74, 6) is 0.828. The summed E-state index contributed by atoms with van der Waals surface area (Å²) in [5.41, 5.74) is 2.78. The third-order valence-electron chi connectivity index (χ3n) is 3.16. The van der Waals surface area contributed by atoms with Gasteiger partial charge in [-0.05, 0) is 47.2 Å². The minimum Gasteiger partial charge on any atom is -0.496 e. The van der Waals surface area contributed by atoms with Crippen LogP contribution in [-0.2, 0) is 11.3 Å². The molecule has 0 amide bonds. The number of rotatable bonds is 4. The Bertz CT molecular complexity index is 623. The first kappa shape index (κ1) is 13.4. The van der Waals surface area contributed by atoms with Crippen molar-refractivity contribution in [2.45, 2.75) is 11.5 Å². The second kappa shape index (κ2) is 5.79. The van der Waals surface area contributed by atoms with Gasteiger partial charge in [-0.1, -0.05) is 18.2 Å². The van der Waals surface area contributed by atoms with Crippen LogP contribution in [0.4, 0.5) is 5.69 Å². The van der Waals surface area contributed by atoms with Crippen molar-refractivity contribution < 1.29 is 14.4 Å². The maximum absolute atomic E-state index is 9.70. The zero-order valence-electron chi connectivity index (χ0n) is 11.0. The molecule has 0 spiro atoms. The predicted molar refractivity (Wildman–Crippen MR) is 81.3 cm³/mol. The summed E-state index contributed by atoms with van der Waals surface area (Å²) >= 11 is 1.47. The fourth-order valence-electron chi connectivity index (χ4n) is 2.10. The number of anilines is 1. The number of hydrogen-bond acceptors (Lipinski definition) is 5. The Balaban J connectivity index is 1.74. The highest BCUT2D eigenvalue weighted by atomic mass is 32.2. The second-order valence-electron chi connectivity index (χ2n) is 4.43. The zero-order chi connectivity index (χ0) is 13.9. The van der Waals surface area contributed by atoms with Gasteiger partial charge in [-0.15, -0.1) is 0 Å². The molecule has 2 aromatic carbocycles. The fourth-order valence-corrected chi connectivity index (χ4v) is 2.85. The molecule has 1 aliphatic rings. The molecule has 0 unspecified atom stereocenters. The molecule has 2 aromatic rings. The number of nitrogens with one attached hydrogen (secondary N) is 1. The highest BCUT2D eigenvalue weighted by Crippen LogP contribution is 2.29. The van der Waals surface area contributed by atoms with Crippen LogP contribution in [0.25, 0.3) is 0 Å². The van der Waals surface area contributed by atoms with E-state index in [-0.39, 0.29) is 0 Å². The molecule has 0 atom stereocenters. The molecule has 0 radical (unpaired) electrons. The van der Waals surface area contributed by atoms with Crippen molar-refractivity contribution in [1.29, 1.82) is 0 Å². The normalized spacial score (nSPS) is 13.2. The minimum absolute atomic E-state index is 0.469. The van der Waals surface area contributed by atoms with Crippen LogP contribution in [0.1, 0.15) is 5.56 Å². The molecule has 20 heavy (non-hydrogen) atoms. The highest BCUT2D eigenvalue weighted by molar-refractivity contribution is 8.00. The third-order valence-corrected chi connectivity index (χ3v) is 4.05. The van der Waals surface area contributed by atoms with E-state index < -0.39 is 7.12 Å². The Morgan fingerprint density at radius 3 is 3.00 bits per heavy atom. The van der Waals surface area contributed by atoms with Gasteiger partial charge in [-0.3, -0.25) is 0 Å². The van der Waals surface area contributed by atoms with Crippen LogP contribution < -0.4 is 14.9 Å². The fraction of sp³-hybridized carbons (Fsp3) is 0.143. The number of fused-ring (bicyclic) bond motifs is 1. The quantitative estimate of drug-likeness (QED) is 0.665. The summed E-state index contributed by atoms with van der Waals surface area (Å²) in [6.45, 7) is 0.469. The molecule has 3 rings (SSSR count). The second-order valence-corrected chi connectivity index (χ2v) is 5.28. The number of benzene rings is 2. The molecule has 0 aromatic heterocycles.